The molecule has 0 radical (unpaired) electrons. The number of nitrogens with zero attached hydrogens (tertiary/aromatic N) is 2. The molecule has 0 aromatic heterocycles. The highest BCUT2D eigenvalue weighted by atomic mass is 16.4. The minimum atomic E-state index is -0.859. The molecule has 0 saturated heterocycles. The largest absolute Gasteiger partial charge is 0.481 e. The Morgan fingerprint density at radius 3 is 2.00 bits per heavy atom. The van der Waals surface area contributed by atoms with Gasteiger partial charge in [0.25, 0.3) is 0 Å². The minimum absolute atomic E-state index is 0.0150. The number of fused-ring (bicyclic) bond motifs is 7. The van der Waals surface area contributed by atoms with Gasteiger partial charge in [-0.3, -0.25) is 9.59 Å². The third kappa shape index (κ3) is 6.08. The molecule has 0 saturated carbocycles. The van der Waals surface area contributed by atoms with Crippen molar-refractivity contribution < 1.29 is 24.4 Å². The number of carboxylic acid groups (broad SMARTS) is 2. The van der Waals surface area contributed by atoms with Crippen LogP contribution in [0.5, 0.6) is 0 Å². The summed E-state index contributed by atoms with van der Waals surface area (Å²) in [6.07, 6.45) is 11.4. The van der Waals surface area contributed by atoms with E-state index in [2.05, 4.69) is 128 Å². The zero-order chi connectivity index (χ0) is 37.3. The molecule has 0 atom stereocenters. The molecule has 0 bridgehead atoms. The van der Waals surface area contributed by atoms with Crippen LogP contribution in [0.1, 0.15) is 50.7 Å². The summed E-state index contributed by atoms with van der Waals surface area (Å²) in [5, 5.41) is 24.3. The molecule has 0 spiro atoms. The van der Waals surface area contributed by atoms with Crippen molar-refractivity contribution in [3.8, 4) is 11.1 Å². The number of hydrogen-bond acceptors (Lipinski definition) is 3. The highest BCUT2D eigenvalue weighted by molar-refractivity contribution is 6.19. The molecule has 53 heavy (non-hydrogen) atoms. The lowest BCUT2D eigenvalue weighted by molar-refractivity contribution is -0.435. The van der Waals surface area contributed by atoms with E-state index in [0.29, 0.717) is 25.9 Å². The zero-order valence-electron chi connectivity index (χ0n) is 30.4. The first-order valence-corrected chi connectivity index (χ1v) is 18.2. The summed E-state index contributed by atoms with van der Waals surface area (Å²) < 4.78 is 2.20. The highest BCUT2D eigenvalue weighted by Gasteiger charge is 2.48. The van der Waals surface area contributed by atoms with Crippen LogP contribution < -0.4 is 4.90 Å². The molecular formula is C47H45N2O4+. The Labute approximate surface area is 311 Å². The van der Waals surface area contributed by atoms with Gasteiger partial charge in [0.05, 0.1) is 17.2 Å². The third-order valence-electron chi connectivity index (χ3n) is 11.0. The molecule has 2 aliphatic rings. The van der Waals surface area contributed by atoms with E-state index in [0.717, 1.165) is 55.6 Å². The minimum Gasteiger partial charge on any atom is -0.481 e. The first kappa shape index (κ1) is 35.4. The molecule has 0 amide bonds. The van der Waals surface area contributed by atoms with E-state index in [1.165, 1.54) is 10.9 Å². The number of aliphatic carboxylic acids is 2. The number of hydrogen-bond donors (Lipinski definition) is 2. The molecule has 2 aliphatic heterocycles. The van der Waals surface area contributed by atoms with Crippen LogP contribution in [0.3, 0.4) is 0 Å². The molecule has 0 aliphatic carbocycles. The summed E-state index contributed by atoms with van der Waals surface area (Å²) >= 11 is 0. The first-order chi connectivity index (χ1) is 25.6. The Bertz CT molecular complexity index is 2370. The van der Waals surface area contributed by atoms with Crippen molar-refractivity contribution in [3.05, 3.63) is 157 Å². The van der Waals surface area contributed by atoms with Gasteiger partial charge >= 0.3 is 11.9 Å². The van der Waals surface area contributed by atoms with Crippen molar-refractivity contribution >= 4 is 50.6 Å². The number of carboxylic acids is 2. The van der Waals surface area contributed by atoms with Gasteiger partial charge in [-0.1, -0.05) is 97.1 Å². The standard InChI is InChI=1S/C47H44N2O4/c1-5-27-47(28-6-2)38-31-33(32-15-8-7-9-16-32)23-24-39(38)48(29-25-42(50)51)41(47)22-14-21-40-46(3,4)44-36-19-12-10-17-34(36)35-18-11-13-20-37(35)45(44)49(40)30-26-43(52)53/h5-24,31H,1-2,25-30H2,3-4H3,(H-,50,51,52,53)/p+1. The molecule has 266 valence electrons. The van der Waals surface area contributed by atoms with Crippen molar-refractivity contribution in [1.29, 1.82) is 0 Å². The second-order valence-electron chi connectivity index (χ2n) is 14.5. The Morgan fingerprint density at radius 2 is 1.36 bits per heavy atom. The monoisotopic (exact) mass is 701 g/mol. The highest BCUT2D eigenvalue weighted by Crippen LogP contribution is 2.54. The van der Waals surface area contributed by atoms with Gasteiger partial charge in [-0.2, -0.15) is 4.58 Å². The van der Waals surface area contributed by atoms with E-state index < -0.39 is 22.8 Å². The van der Waals surface area contributed by atoms with Gasteiger partial charge in [0.1, 0.15) is 6.42 Å². The number of anilines is 1. The Balaban J connectivity index is 1.43. The molecule has 2 N–H and O–H groups in total. The fraction of sp³-hybridized carbons (Fsp3) is 0.213. The van der Waals surface area contributed by atoms with Crippen molar-refractivity contribution in [2.24, 2.45) is 0 Å². The molecule has 6 heteroatoms. The Hall–Kier alpha value is -6.01. The molecule has 0 fully saturated rings. The molecule has 5 aromatic carbocycles. The third-order valence-corrected chi connectivity index (χ3v) is 11.0. The predicted molar refractivity (Wildman–Crippen MR) is 217 cm³/mol. The van der Waals surface area contributed by atoms with Crippen molar-refractivity contribution in [2.75, 3.05) is 18.0 Å². The maximum Gasteiger partial charge on any atom is 0.309 e. The SMILES string of the molecule is C=CCC1(CC=C)C(=CC=CC2=[N+](CCC(=O)O)c3c(c4ccccc4c4ccccc34)C2(C)C)N(CCC(=O)O)c2ccc(-c3ccccc3)cc21. The van der Waals surface area contributed by atoms with Gasteiger partial charge < -0.3 is 15.1 Å². The van der Waals surface area contributed by atoms with Crippen LogP contribution in [0, 0.1) is 0 Å². The van der Waals surface area contributed by atoms with E-state index in [-0.39, 0.29) is 12.8 Å². The summed E-state index contributed by atoms with van der Waals surface area (Å²) in [6, 6.07) is 33.6. The fourth-order valence-corrected chi connectivity index (χ4v) is 8.78. The van der Waals surface area contributed by atoms with Gasteiger partial charge in [-0.15, -0.1) is 13.2 Å². The van der Waals surface area contributed by atoms with Gasteiger partial charge in [-0.05, 0) is 83.8 Å². The van der Waals surface area contributed by atoms with Crippen LogP contribution >= 0.6 is 0 Å². The average molecular weight is 702 g/mol. The first-order valence-electron chi connectivity index (χ1n) is 18.2. The summed E-state index contributed by atoms with van der Waals surface area (Å²) in [7, 11) is 0. The van der Waals surface area contributed by atoms with Gasteiger partial charge in [0.2, 0.25) is 5.69 Å². The number of allylic oxidation sites excluding steroid dienone is 6. The van der Waals surface area contributed by atoms with Crippen molar-refractivity contribution in [1.82, 2.24) is 0 Å². The lowest BCUT2D eigenvalue weighted by Gasteiger charge is -2.32. The van der Waals surface area contributed by atoms with Gasteiger partial charge in [0, 0.05) is 35.0 Å². The maximum atomic E-state index is 12.0. The quantitative estimate of drug-likeness (QED) is 0.0726. The number of benzene rings is 5. The smallest absolute Gasteiger partial charge is 0.309 e. The Morgan fingerprint density at radius 1 is 0.755 bits per heavy atom. The molecule has 5 aromatic rings. The van der Waals surface area contributed by atoms with E-state index in [9.17, 15) is 19.8 Å². The summed E-state index contributed by atoms with van der Waals surface area (Å²) in [4.78, 5) is 26.2. The average Bonchev–Trinajstić information content (AvgIpc) is 3.54. The second-order valence-corrected chi connectivity index (χ2v) is 14.5. The maximum absolute atomic E-state index is 12.0. The van der Waals surface area contributed by atoms with Crippen molar-refractivity contribution in [2.45, 2.75) is 50.4 Å². The van der Waals surface area contributed by atoms with Crippen molar-refractivity contribution in [3.63, 3.8) is 0 Å². The van der Waals surface area contributed by atoms with E-state index in [4.69, 9.17) is 0 Å². The normalized spacial score (nSPS) is 16.4. The van der Waals surface area contributed by atoms with Crippen LogP contribution in [-0.4, -0.2) is 45.5 Å². The molecule has 7 rings (SSSR count). The van der Waals surface area contributed by atoms with Crippen LogP contribution in [-0.2, 0) is 20.4 Å². The van der Waals surface area contributed by atoms with E-state index in [1.807, 2.05) is 36.4 Å². The van der Waals surface area contributed by atoms with Gasteiger partial charge in [-0.25, -0.2) is 0 Å². The summed E-state index contributed by atoms with van der Waals surface area (Å²) in [5.74, 6) is -1.71. The van der Waals surface area contributed by atoms with Crippen LogP contribution in [0.15, 0.2) is 146 Å². The number of rotatable bonds is 13. The topological polar surface area (TPSA) is 80.9 Å². The van der Waals surface area contributed by atoms with Gasteiger partial charge in [0.15, 0.2) is 12.3 Å². The Kier molecular flexibility index (Phi) is 9.48. The zero-order valence-corrected chi connectivity index (χ0v) is 30.4. The molecule has 6 nitrogen and oxygen atoms in total. The number of carbonyl (C=O) groups is 2. The molecule has 0 unspecified atom stereocenters. The van der Waals surface area contributed by atoms with E-state index in [1.54, 1.807) is 0 Å². The van der Waals surface area contributed by atoms with E-state index >= 15 is 0 Å². The fourth-order valence-electron chi connectivity index (χ4n) is 8.78. The lowest BCUT2D eigenvalue weighted by Crippen LogP contribution is -2.32. The molecular weight excluding hydrogens is 657 g/mol. The van der Waals surface area contributed by atoms with Crippen LogP contribution in [0.4, 0.5) is 11.4 Å². The second kappa shape index (κ2) is 14.2. The summed E-state index contributed by atoms with van der Waals surface area (Å²) in [6.45, 7) is 13.4. The lowest BCUT2D eigenvalue weighted by atomic mass is 9.73. The van der Waals surface area contributed by atoms with Crippen LogP contribution in [0.25, 0.3) is 32.7 Å². The van der Waals surface area contributed by atoms with Crippen LogP contribution in [0.2, 0.25) is 0 Å². The summed E-state index contributed by atoms with van der Waals surface area (Å²) in [5.41, 5.74) is 7.53. The molecule has 2 heterocycles. The predicted octanol–water partition coefficient (Wildman–Crippen LogP) is 10.3.